The van der Waals surface area contributed by atoms with Gasteiger partial charge in [-0.05, 0) is 37.5 Å². The van der Waals surface area contributed by atoms with Crippen molar-refractivity contribution in [2.75, 3.05) is 18.4 Å². The molecule has 0 aliphatic rings. The van der Waals surface area contributed by atoms with E-state index in [-0.39, 0.29) is 11.6 Å². The van der Waals surface area contributed by atoms with E-state index in [1.54, 1.807) is 24.0 Å². The number of hydrogen-bond donors (Lipinski definition) is 2. The molecule has 110 valence electrons. The second kappa shape index (κ2) is 6.93. The van der Waals surface area contributed by atoms with E-state index in [9.17, 15) is 9.59 Å². The Kier molecular flexibility index (Phi) is 5.55. The number of carbonyl (C=O) groups excluding carboxylic acids is 1. The molecular formula is C15H22N2O3. The van der Waals surface area contributed by atoms with Crippen LogP contribution in [-0.2, 0) is 0 Å². The standard InChI is InChI=1S/C15H22N2O3/c1-5-17(9-10(2)3)15(20)16-12-7-6-11(4)13(8-12)14(18)19/h6-8,10H,5,9H2,1-4H3,(H,16,20)(H,18,19). The summed E-state index contributed by atoms with van der Waals surface area (Å²) in [5, 5.41) is 11.8. The number of carboxylic acids is 1. The van der Waals surface area contributed by atoms with Crippen LogP contribution in [0.25, 0.3) is 0 Å². The van der Waals surface area contributed by atoms with Gasteiger partial charge in [0, 0.05) is 18.8 Å². The molecule has 0 aromatic heterocycles. The number of nitrogens with one attached hydrogen (secondary N) is 1. The van der Waals surface area contributed by atoms with Crippen molar-refractivity contribution in [1.82, 2.24) is 4.90 Å². The zero-order valence-corrected chi connectivity index (χ0v) is 12.4. The van der Waals surface area contributed by atoms with Crippen LogP contribution in [0.15, 0.2) is 18.2 Å². The summed E-state index contributed by atoms with van der Waals surface area (Å²) in [7, 11) is 0. The van der Waals surface area contributed by atoms with Crippen LogP contribution in [0.4, 0.5) is 10.5 Å². The first-order valence-electron chi connectivity index (χ1n) is 6.75. The monoisotopic (exact) mass is 278 g/mol. The molecule has 5 nitrogen and oxygen atoms in total. The van der Waals surface area contributed by atoms with Crippen molar-refractivity contribution in [2.45, 2.75) is 27.7 Å². The Balaban J connectivity index is 2.84. The Morgan fingerprint density at radius 2 is 2.00 bits per heavy atom. The number of anilines is 1. The summed E-state index contributed by atoms with van der Waals surface area (Å²) in [6.45, 7) is 9.02. The first-order valence-corrected chi connectivity index (χ1v) is 6.75. The minimum atomic E-state index is -0.992. The van der Waals surface area contributed by atoms with Crippen LogP contribution in [0.1, 0.15) is 36.7 Å². The fraction of sp³-hybridized carbons (Fsp3) is 0.467. The maximum atomic E-state index is 12.1. The lowest BCUT2D eigenvalue weighted by molar-refractivity contribution is 0.0696. The average molecular weight is 278 g/mol. The molecule has 0 fully saturated rings. The van der Waals surface area contributed by atoms with Crippen LogP contribution in [0, 0.1) is 12.8 Å². The van der Waals surface area contributed by atoms with Gasteiger partial charge in [-0.15, -0.1) is 0 Å². The maximum Gasteiger partial charge on any atom is 0.336 e. The van der Waals surface area contributed by atoms with Crippen molar-refractivity contribution < 1.29 is 14.7 Å². The predicted molar refractivity (Wildman–Crippen MR) is 79.2 cm³/mol. The Labute approximate surface area is 119 Å². The Morgan fingerprint density at radius 1 is 1.35 bits per heavy atom. The number of carboxylic acid groups (broad SMARTS) is 1. The predicted octanol–water partition coefficient (Wildman–Crippen LogP) is 3.20. The van der Waals surface area contributed by atoms with Crippen LogP contribution in [0.5, 0.6) is 0 Å². The number of aryl methyl sites for hydroxylation is 1. The van der Waals surface area contributed by atoms with Crippen molar-refractivity contribution in [3.8, 4) is 0 Å². The van der Waals surface area contributed by atoms with Crippen molar-refractivity contribution in [1.29, 1.82) is 0 Å². The summed E-state index contributed by atoms with van der Waals surface area (Å²) in [5.74, 6) is -0.610. The topological polar surface area (TPSA) is 69.6 Å². The van der Waals surface area contributed by atoms with E-state index in [1.807, 2.05) is 20.8 Å². The van der Waals surface area contributed by atoms with Gasteiger partial charge in [-0.2, -0.15) is 0 Å². The number of carbonyl (C=O) groups is 2. The molecular weight excluding hydrogens is 256 g/mol. The van der Waals surface area contributed by atoms with Crippen LogP contribution in [0.3, 0.4) is 0 Å². The van der Waals surface area contributed by atoms with Crippen molar-refractivity contribution in [2.24, 2.45) is 5.92 Å². The fourth-order valence-electron chi connectivity index (χ4n) is 1.93. The highest BCUT2D eigenvalue weighted by atomic mass is 16.4. The highest BCUT2D eigenvalue weighted by molar-refractivity contribution is 5.94. The van der Waals surface area contributed by atoms with E-state index in [0.29, 0.717) is 30.3 Å². The molecule has 1 aromatic carbocycles. The molecule has 0 atom stereocenters. The van der Waals surface area contributed by atoms with Crippen LogP contribution >= 0.6 is 0 Å². The summed E-state index contributed by atoms with van der Waals surface area (Å²) >= 11 is 0. The molecule has 0 saturated carbocycles. The molecule has 0 spiro atoms. The number of nitrogens with zero attached hydrogens (tertiary/aromatic N) is 1. The lowest BCUT2D eigenvalue weighted by Gasteiger charge is -2.23. The second-order valence-electron chi connectivity index (χ2n) is 5.20. The Morgan fingerprint density at radius 3 is 2.50 bits per heavy atom. The highest BCUT2D eigenvalue weighted by Gasteiger charge is 2.14. The van der Waals surface area contributed by atoms with Crippen molar-refractivity contribution >= 4 is 17.7 Å². The molecule has 0 unspecified atom stereocenters. The molecule has 0 heterocycles. The zero-order chi connectivity index (χ0) is 15.3. The third-order valence-electron chi connectivity index (χ3n) is 2.97. The number of rotatable bonds is 5. The molecule has 0 bridgehead atoms. The lowest BCUT2D eigenvalue weighted by atomic mass is 10.1. The van der Waals surface area contributed by atoms with Crippen LogP contribution in [-0.4, -0.2) is 35.1 Å². The van der Waals surface area contributed by atoms with Crippen molar-refractivity contribution in [3.63, 3.8) is 0 Å². The normalized spacial score (nSPS) is 10.4. The second-order valence-corrected chi connectivity index (χ2v) is 5.20. The van der Waals surface area contributed by atoms with Gasteiger partial charge in [-0.1, -0.05) is 19.9 Å². The van der Waals surface area contributed by atoms with E-state index >= 15 is 0 Å². The summed E-state index contributed by atoms with van der Waals surface area (Å²) in [6.07, 6.45) is 0. The number of amides is 2. The molecule has 1 rings (SSSR count). The van der Waals surface area contributed by atoms with Gasteiger partial charge in [0.15, 0.2) is 0 Å². The number of hydrogen-bond acceptors (Lipinski definition) is 2. The third-order valence-corrected chi connectivity index (χ3v) is 2.97. The Bertz CT molecular complexity index is 498. The van der Waals surface area contributed by atoms with Gasteiger partial charge < -0.3 is 15.3 Å². The summed E-state index contributed by atoms with van der Waals surface area (Å²) in [5.41, 5.74) is 1.37. The van der Waals surface area contributed by atoms with E-state index in [2.05, 4.69) is 5.32 Å². The minimum Gasteiger partial charge on any atom is -0.478 e. The van der Waals surface area contributed by atoms with E-state index in [1.165, 1.54) is 6.07 Å². The van der Waals surface area contributed by atoms with Crippen LogP contribution < -0.4 is 5.32 Å². The first kappa shape index (κ1) is 16.0. The minimum absolute atomic E-state index is 0.203. The first-order chi connectivity index (χ1) is 9.35. The van der Waals surface area contributed by atoms with Gasteiger partial charge in [-0.25, -0.2) is 9.59 Å². The SMILES string of the molecule is CCN(CC(C)C)C(=O)Nc1ccc(C)c(C(=O)O)c1. The van der Waals surface area contributed by atoms with Gasteiger partial charge in [-0.3, -0.25) is 0 Å². The largest absolute Gasteiger partial charge is 0.478 e. The fourth-order valence-corrected chi connectivity index (χ4v) is 1.93. The molecule has 0 aliphatic carbocycles. The third kappa shape index (κ3) is 4.26. The number of aromatic carboxylic acids is 1. The van der Waals surface area contributed by atoms with Crippen LogP contribution in [0.2, 0.25) is 0 Å². The zero-order valence-electron chi connectivity index (χ0n) is 12.4. The Hall–Kier alpha value is -2.04. The number of urea groups is 1. The highest BCUT2D eigenvalue weighted by Crippen LogP contribution is 2.16. The lowest BCUT2D eigenvalue weighted by Crippen LogP contribution is -2.37. The number of benzene rings is 1. The van der Waals surface area contributed by atoms with E-state index in [4.69, 9.17) is 5.11 Å². The maximum absolute atomic E-state index is 12.1. The quantitative estimate of drug-likeness (QED) is 0.869. The molecule has 0 aliphatic heterocycles. The average Bonchev–Trinajstić information content (AvgIpc) is 2.37. The molecule has 0 radical (unpaired) electrons. The van der Waals surface area contributed by atoms with Gasteiger partial charge in [0.1, 0.15) is 0 Å². The molecule has 1 aromatic rings. The summed E-state index contributed by atoms with van der Waals surface area (Å²) < 4.78 is 0. The van der Waals surface area contributed by atoms with Gasteiger partial charge in [0.25, 0.3) is 0 Å². The van der Waals surface area contributed by atoms with Gasteiger partial charge >= 0.3 is 12.0 Å². The summed E-state index contributed by atoms with van der Waals surface area (Å²) in [6, 6.07) is 4.68. The molecule has 5 heteroatoms. The van der Waals surface area contributed by atoms with Gasteiger partial charge in [0.05, 0.1) is 5.56 Å². The smallest absolute Gasteiger partial charge is 0.336 e. The molecule has 2 N–H and O–H groups in total. The van der Waals surface area contributed by atoms with Gasteiger partial charge in [0.2, 0.25) is 0 Å². The molecule has 2 amide bonds. The van der Waals surface area contributed by atoms with E-state index < -0.39 is 5.97 Å². The molecule has 20 heavy (non-hydrogen) atoms. The van der Waals surface area contributed by atoms with E-state index in [0.717, 1.165) is 0 Å². The summed E-state index contributed by atoms with van der Waals surface area (Å²) in [4.78, 5) is 24.9. The molecule has 0 saturated heterocycles. The van der Waals surface area contributed by atoms with Crippen molar-refractivity contribution in [3.05, 3.63) is 29.3 Å².